The van der Waals surface area contributed by atoms with Crippen LogP contribution in [0.15, 0.2) is 58.2 Å². The summed E-state index contributed by atoms with van der Waals surface area (Å²) in [6.45, 7) is 6.59. The van der Waals surface area contributed by atoms with Crippen molar-refractivity contribution in [1.82, 2.24) is 24.9 Å². The Balaban J connectivity index is 1.72. The molecule has 0 bridgehead atoms. The molecule has 8 nitrogen and oxygen atoms in total. The zero-order valence-corrected chi connectivity index (χ0v) is 19.3. The van der Waals surface area contributed by atoms with E-state index in [1.165, 1.54) is 11.8 Å². The number of benzene rings is 2. The molecule has 2 aromatic carbocycles. The maximum absolute atomic E-state index is 5.60. The van der Waals surface area contributed by atoms with E-state index in [-0.39, 0.29) is 5.25 Å². The summed E-state index contributed by atoms with van der Waals surface area (Å²) in [5, 5.41) is 13.6. The van der Waals surface area contributed by atoms with Crippen LogP contribution in [0.2, 0.25) is 0 Å². The Morgan fingerprint density at radius 2 is 1.72 bits per heavy atom. The Hall–Kier alpha value is -3.33. The first-order valence-electron chi connectivity index (χ1n) is 10.4. The minimum Gasteiger partial charge on any atom is -0.497 e. The van der Waals surface area contributed by atoms with Crippen LogP contribution in [-0.4, -0.2) is 38.6 Å². The molecule has 0 aliphatic rings. The smallest absolute Gasteiger partial charge is 0.239 e. The van der Waals surface area contributed by atoms with Crippen molar-refractivity contribution >= 4 is 11.8 Å². The average molecular weight is 452 g/mol. The summed E-state index contributed by atoms with van der Waals surface area (Å²) < 4.78 is 18.3. The zero-order chi connectivity index (χ0) is 22.5. The van der Waals surface area contributed by atoms with Gasteiger partial charge in [0.2, 0.25) is 5.89 Å². The number of methoxy groups -OCH3 is 1. The lowest BCUT2D eigenvalue weighted by atomic mass is 10.2. The van der Waals surface area contributed by atoms with E-state index in [0.717, 1.165) is 40.2 Å². The molecule has 0 saturated heterocycles. The molecule has 0 aliphatic heterocycles. The van der Waals surface area contributed by atoms with Crippen molar-refractivity contribution in [3.63, 3.8) is 0 Å². The highest BCUT2D eigenvalue weighted by atomic mass is 32.2. The van der Waals surface area contributed by atoms with E-state index in [1.54, 1.807) is 7.11 Å². The summed E-state index contributed by atoms with van der Waals surface area (Å²) in [6, 6.07) is 15.6. The van der Waals surface area contributed by atoms with Gasteiger partial charge in [-0.3, -0.25) is 4.57 Å². The minimum absolute atomic E-state index is 0.0860. The molecule has 0 saturated carbocycles. The van der Waals surface area contributed by atoms with E-state index in [4.69, 9.17) is 14.0 Å². The zero-order valence-electron chi connectivity index (χ0n) is 18.5. The van der Waals surface area contributed by atoms with Gasteiger partial charge in [-0.05, 0) is 62.4 Å². The van der Waals surface area contributed by atoms with Crippen molar-refractivity contribution in [2.45, 2.75) is 37.6 Å². The predicted octanol–water partition coefficient (Wildman–Crippen LogP) is 5.14. The topological polar surface area (TPSA) is 88.1 Å². The SMILES string of the molecule is CCOc1ccc(-n2c(SC(C)c3nc(CC)no3)nnc2-c2ccc(OC)cc2)cc1. The van der Waals surface area contributed by atoms with Gasteiger partial charge < -0.3 is 14.0 Å². The lowest BCUT2D eigenvalue weighted by Crippen LogP contribution is -2.01. The molecule has 0 amide bonds. The normalized spacial score (nSPS) is 12.0. The van der Waals surface area contributed by atoms with Crippen molar-refractivity contribution in [1.29, 1.82) is 0 Å². The molecule has 0 fully saturated rings. The van der Waals surface area contributed by atoms with Gasteiger partial charge in [-0.1, -0.05) is 23.8 Å². The number of aromatic nitrogens is 5. The molecule has 2 aromatic heterocycles. The molecule has 9 heteroatoms. The highest BCUT2D eigenvalue weighted by Crippen LogP contribution is 2.37. The Kier molecular flexibility index (Phi) is 6.75. The summed E-state index contributed by atoms with van der Waals surface area (Å²) in [6.07, 6.45) is 0.727. The van der Waals surface area contributed by atoms with E-state index in [0.29, 0.717) is 18.3 Å². The maximum atomic E-state index is 5.60. The second kappa shape index (κ2) is 9.86. The van der Waals surface area contributed by atoms with Crippen molar-refractivity contribution in [3.05, 3.63) is 60.2 Å². The largest absolute Gasteiger partial charge is 0.497 e. The second-order valence-corrected chi connectivity index (χ2v) is 8.27. The Bertz CT molecular complexity index is 1160. The van der Waals surface area contributed by atoms with Crippen LogP contribution in [0.3, 0.4) is 0 Å². The number of nitrogens with zero attached hydrogens (tertiary/aromatic N) is 5. The summed E-state index contributed by atoms with van der Waals surface area (Å²) in [5.41, 5.74) is 1.86. The van der Waals surface area contributed by atoms with Crippen LogP contribution in [0.5, 0.6) is 11.5 Å². The molecular weight excluding hydrogens is 426 g/mol. The third-order valence-corrected chi connectivity index (χ3v) is 5.85. The fraction of sp³-hybridized carbons (Fsp3) is 0.304. The van der Waals surface area contributed by atoms with Crippen LogP contribution in [0.1, 0.15) is 37.7 Å². The molecular formula is C23H25N5O3S. The third-order valence-electron chi connectivity index (χ3n) is 4.82. The van der Waals surface area contributed by atoms with Crippen LogP contribution in [0.25, 0.3) is 17.1 Å². The second-order valence-electron chi connectivity index (χ2n) is 6.96. The Morgan fingerprint density at radius 1 is 1.00 bits per heavy atom. The Morgan fingerprint density at radius 3 is 2.34 bits per heavy atom. The highest BCUT2D eigenvalue weighted by Gasteiger charge is 2.22. The van der Waals surface area contributed by atoms with Crippen molar-refractivity contribution in [2.24, 2.45) is 0 Å². The van der Waals surface area contributed by atoms with Crippen molar-refractivity contribution < 1.29 is 14.0 Å². The molecule has 2 heterocycles. The third kappa shape index (κ3) is 4.62. The average Bonchev–Trinajstić information content (AvgIpc) is 3.47. The molecule has 1 atom stereocenters. The number of hydrogen-bond donors (Lipinski definition) is 0. The molecule has 0 N–H and O–H groups in total. The first kappa shape index (κ1) is 21.9. The number of thioether (sulfide) groups is 1. The number of hydrogen-bond acceptors (Lipinski definition) is 8. The van der Waals surface area contributed by atoms with Gasteiger partial charge in [0.25, 0.3) is 0 Å². The minimum atomic E-state index is -0.0860. The van der Waals surface area contributed by atoms with E-state index in [2.05, 4.69) is 20.3 Å². The molecule has 0 radical (unpaired) electrons. The lowest BCUT2D eigenvalue weighted by molar-refractivity contribution is 0.340. The summed E-state index contributed by atoms with van der Waals surface area (Å²) in [4.78, 5) is 4.46. The molecule has 166 valence electrons. The molecule has 0 spiro atoms. The summed E-state index contributed by atoms with van der Waals surface area (Å²) in [7, 11) is 1.65. The summed E-state index contributed by atoms with van der Waals surface area (Å²) >= 11 is 1.52. The van der Waals surface area contributed by atoms with Gasteiger partial charge in [0.1, 0.15) is 11.5 Å². The molecule has 4 aromatic rings. The van der Waals surface area contributed by atoms with Crippen LogP contribution in [0.4, 0.5) is 0 Å². The van der Waals surface area contributed by atoms with Gasteiger partial charge in [0.05, 0.1) is 19.0 Å². The van der Waals surface area contributed by atoms with E-state index < -0.39 is 0 Å². The molecule has 32 heavy (non-hydrogen) atoms. The number of ether oxygens (including phenoxy) is 2. The number of aryl methyl sites for hydroxylation is 1. The van der Waals surface area contributed by atoms with Crippen LogP contribution in [0, 0.1) is 0 Å². The quantitative estimate of drug-likeness (QED) is 0.323. The number of rotatable bonds is 9. The molecule has 4 rings (SSSR count). The van der Waals surface area contributed by atoms with E-state index >= 15 is 0 Å². The highest BCUT2D eigenvalue weighted by molar-refractivity contribution is 7.99. The summed E-state index contributed by atoms with van der Waals surface area (Å²) in [5.74, 6) is 3.59. The molecule has 1 unspecified atom stereocenters. The van der Waals surface area contributed by atoms with Crippen molar-refractivity contribution in [2.75, 3.05) is 13.7 Å². The van der Waals surface area contributed by atoms with Gasteiger partial charge in [-0.2, -0.15) is 4.98 Å². The van der Waals surface area contributed by atoms with Gasteiger partial charge in [0, 0.05) is 17.7 Å². The van der Waals surface area contributed by atoms with Crippen LogP contribution in [-0.2, 0) is 6.42 Å². The monoisotopic (exact) mass is 451 g/mol. The lowest BCUT2D eigenvalue weighted by Gasteiger charge is -2.13. The van der Waals surface area contributed by atoms with E-state index in [9.17, 15) is 0 Å². The fourth-order valence-corrected chi connectivity index (χ4v) is 4.05. The van der Waals surface area contributed by atoms with Crippen LogP contribution >= 0.6 is 11.8 Å². The van der Waals surface area contributed by atoms with Gasteiger partial charge in [-0.25, -0.2) is 0 Å². The first-order valence-corrected chi connectivity index (χ1v) is 11.3. The van der Waals surface area contributed by atoms with E-state index in [1.807, 2.05) is 73.9 Å². The van der Waals surface area contributed by atoms with Gasteiger partial charge in [0.15, 0.2) is 16.8 Å². The van der Waals surface area contributed by atoms with Crippen LogP contribution < -0.4 is 9.47 Å². The Labute approximate surface area is 191 Å². The molecule has 0 aliphatic carbocycles. The maximum Gasteiger partial charge on any atom is 0.239 e. The standard InChI is InChI=1S/C23H25N5O3S/c1-5-20-24-22(31-27-20)15(3)32-23-26-25-21(16-7-11-18(29-4)12-8-16)28(23)17-9-13-19(14-10-17)30-6-2/h7-15H,5-6H2,1-4H3. The predicted molar refractivity (Wildman–Crippen MR) is 122 cm³/mol. The van der Waals surface area contributed by atoms with Crippen molar-refractivity contribution in [3.8, 4) is 28.6 Å². The van der Waals surface area contributed by atoms with Gasteiger partial charge >= 0.3 is 0 Å². The van der Waals surface area contributed by atoms with Gasteiger partial charge in [-0.15, -0.1) is 10.2 Å². The fourth-order valence-electron chi connectivity index (χ4n) is 3.15. The first-order chi connectivity index (χ1) is 15.6.